The van der Waals surface area contributed by atoms with Gasteiger partial charge in [0.05, 0.1) is 16.8 Å². The average molecular weight is 310 g/mol. The zero-order valence-electron chi connectivity index (χ0n) is 10.1. The molecule has 0 bridgehead atoms. The SMILES string of the molecule is Cc1noc(C)c1COC(=O)c1ccc(Br)cc1. The van der Waals surface area contributed by atoms with Crippen LogP contribution in [0.2, 0.25) is 0 Å². The smallest absolute Gasteiger partial charge is 0.338 e. The Morgan fingerprint density at radius 3 is 2.56 bits per heavy atom. The van der Waals surface area contributed by atoms with Gasteiger partial charge in [0.2, 0.25) is 0 Å². The molecule has 94 valence electrons. The Bertz CT molecular complexity index is 541. The third-order valence-electron chi connectivity index (χ3n) is 2.61. The van der Waals surface area contributed by atoms with E-state index < -0.39 is 0 Å². The summed E-state index contributed by atoms with van der Waals surface area (Å²) in [6.07, 6.45) is 0. The van der Waals surface area contributed by atoms with Crippen LogP contribution in [0.15, 0.2) is 33.3 Å². The lowest BCUT2D eigenvalue weighted by Crippen LogP contribution is -2.05. The maximum absolute atomic E-state index is 11.8. The summed E-state index contributed by atoms with van der Waals surface area (Å²) < 4.78 is 11.1. The second kappa shape index (κ2) is 5.35. The molecule has 0 aliphatic rings. The third-order valence-corrected chi connectivity index (χ3v) is 3.14. The third kappa shape index (κ3) is 2.79. The molecule has 2 rings (SSSR count). The first-order chi connectivity index (χ1) is 8.58. The van der Waals surface area contributed by atoms with E-state index in [0.717, 1.165) is 15.7 Å². The molecule has 1 aromatic heterocycles. The standard InChI is InChI=1S/C13H12BrNO3/c1-8-12(9(2)18-15-8)7-17-13(16)10-3-5-11(14)6-4-10/h3-6H,7H2,1-2H3. The van der Waals surface area contributed by atoms with Crippen LogP contribution < -0.4 is 0 Å². The Labute approximate surface area is 113 Å². The summed E-state index contributed by atoms with van der Waals surface area (Å²) in [5, 5.41) is 3.81. The van der Waals surface area contributed by atoms with E-state index in [-0.39, 0.29) is 12.6 Å². The molecule has 0 N–H and O–H groups in total. The largest absolute Gasteiger partial charge is 0.457 e. The summed E-state index contributed by atoms with van der Waals surface area (Å²) in [5.74, 6) is 0.318. The molecule has 1 aromatic carbocycles. The van der Waals surface area contributed by atoms with Gasteiger partial charge in [-0.2, -0.15) is 0 Å². The fraction of sp³-hybridized carbons (Fsp3) is 0.231. The molecule has 1 heterocycles. The van der Waals surface area contributed by atoms with E-state index in [9.17, 15) is 4.79 Å². The number of aryl methyl sites for hydroxylation is 2. The minimum atomic E-state index is -0.359. The number of nitrogens with zero attached hydrogens (tertiary/aromatic N) is 1. The van der Waals surface area contributed by atoms with Gasteiger partial charge in [0.25, 0.3) is 0 Å². The first-order valence-electron chi connectivity index (χ1n) is 5.42. The summed E-state index contributed by atoms with van der Waals surface area (Å²) in [6.45, 7) is 3.79. The highest BCUT2D eigenvalue weighted by atomic mass is 79.9. The molecule has 0 aliphatic carbocycles. The van der Waals surface area contributed by atoms with E-state index >= 15 is 0 Å². The average Bonchev–Trinajstić information content (AvgIpc) is 2.67. The van der Waals surface area contributed by atoms with Crippen molar-refractivity contribution in [3.63, 3.8) is 0 Å². The topological polar surface area (TPSA) is 52.3 Å². The minimum absolute atomic E-state index is 0.177. The lowest BCUT2D eigenvalue weighted by Gasteiger charge is -2.04. The second-order valence-electron chi connectivity index (χ2n) is 3.89. The molecule has 0 saturated carbocycles. The molecule has 0 atom stereocenters. The summed E-state index contributed by atoms with van der Waals surface area (Å²) in [4.78, 5) is 11.8. The van der Waals surface area contributed by atoms with Crippen LogP contribution in [0.25, 0.3) is 0 Å². The maximum Gasteiger partial charge on any atom is 0.338 e. The molecule has 0 saturated heterocycles. The van der Waals surface area contributed by atoms with Gasteiger partial charge >= 0.3 is 5.97 Å². The van der Waals surface area contributed by atoms with E-state index in [0.29, 0.717) is 11.3 Å². The molecule has 0 fully saturated rings. The quantitative estimate of drug-likeness (QED) is 0.815. The van der Waals surface area contributed by atoms with Crippen molar-refractivity contribution < 1.29 is 14.1 Å². The number of esters is 1. The van der Waals surface area contributed by atoms with Crippen LogP contribution in [0.1, 0.15) is 27.4 Å². The number of aromatic nitrogens is 1. The Kier molecular flexibility index (Phi) is 3.81. The molecule has 0 unspecified atom stereocenters. The monoisotopic (exact) mass is 309 g/mol. The molecule has 0 amide bonds. The highest BCUT2D eigenvalue weighted by molar-refractivity contribution is 9.10. The lowest BCUT2D eigenvalue weighted by atomic mass is 10.2. The van der Waals surface area contributed by atoms with E-state index in [1.165, 1.54) is 0 Å². The van der Waals surface area contributed by atoms with Gasteiger partial charge in [-0.25, -0.2) is 4.79 Å². The Morgan fingerprint density at radius 1 is 1.33 bits per heavy atom. The molecule has 4 nitrogen and oxygen atoms in total. The number of halogens is 1. The van der Waals surface area contributed by atoms with E-state index in [1.54, 1.807) is 31.2 Å². The number of hydrogen-bond donors (Lipinski definition) is 0. The van der Waals surface area contributed by atoms with Gasteiger partial charge in [0.15, 0.2) is 0 Å². The van der Waals surface area contributed by atoms with Crippen LogP contribution in [0.5, 0.6) is 0 Å². The second-order valence-corrected chi connectivity index (χ2v) is 4.80. The molecular formula is C13H12BrNO3. The number of ether oxygens (including phenoxy) is 1. The van der Waals surface area contributed by atoms with E-state index in [2.05, 4.69) is 21.1 Å². The number of hydrogen-bond acceptors (Lipinski definition) is 4. The van der Waals surface area contributed by atoms with Crippen LogP contribution in [-0.4, -0.2) is 11.1 Å². The van der Waals surface area contributed by atoms with Crippen molar-refractivity contribution in [2.75, 3.05) is 0 Å². The lowest BCUT2D eigenvalue weighted by molar-refractivity contribution is 0.0471. The summed E-state index contributed by atoms with van der Waals surface area (Å²) in [5.41, 5.74) is 2.08. The van der Waals surface area contributed by atoms with Crippen molar-refractivity contribution >= 4 is 21.9 Å². The molecule has 0 spiro atoms. The van der Waals surface area contributed by atoms with Crippen molar-refractivity contribution in [2.45, 2.75) is 20.5 Å². The van der Waals surface area contributed by atoms with Gasteiger partial charge < -0.3 is 9.26 Å². The van der Waals surface area contributed by atoms with Crippen molar-refractivity contribution in [2.24, 2.45) is 0 Å². The number of carbonyl (C=O) groups excluding carboxylic acids is 1. The fourth-order valence-electron chi connectivity index (χ4n) is 1.51. The highest BCUT2D eigenvalue weighted by Crippen LogP contribution is 2.15. The van der Waals surface area contributed by atoms with Gasteiger partial charge in [-0.3, -0.25) is 0 Å². The summed E-state index contributed by atoms with van der Waals surface area (Å²) in [7, 11) is 0. The molecule has 0 radical (unpaired) electrons. The van der Waals surface area contributed by atoms with Gasteiger partial charge in [-0.1, -0.05) is 21.1 Å². The maximum atomic E-state index is 11.8. The Morgan fingerprint density at radius 2 is 2.00 bits per heavy atom. The van der Waals surface area contributed by atoms with Gasteiger partial charge in [0, 0.05) is 4.47 Å². The van der Waals surface area contributed by atoms with Crippen LogP contribution in [0, 0.1) is 13.8 Å². The zero-order chi connectivity index (χ0) is 13.1. The van der Waals surface area contributed by atoms with E-state index in [1.807, 2.05) is 6.92 Å². The zero-order valence-corrected chi connectivity index (χ0v) is 11.7. The predicted octanol–water partition coefficient (Wildman–Crippen LogP) is 3.41. The van der Waals surface area contributed by atoms with Gasteiger partial charge in [0.1, 0.15) is 12.4 Å². The van der Waals surface area contributed by atoms with Crippen LogP contribution >= 0.6 is 15.9 Å². The van der Waals surface area contributed by atoms with Crippen molar-refractivity contribution in [1.82, 2.24) is 5.16 Å². The van der Waals surface area contributed by atoms with Crippen LogP contribution in [-0.2, 0) is 11.3 Å². The fourth-order valence-corrected chi connectivity index (χ4v) is 1.78. The Balaban J connectivity index is 2.03. The molecule has 18 heavy (non-hydrogen) atoms. The minimum Gasteiger partial charge on any atom is -0.457 e. The normalized spacial score (nSPS) is 10.4. The number of carbonyl (C=O) groups is 1. The number of rotatable bonds is 3. The van der Waals surface area contributed by atoms with E-state index in [4.69, 9.17) is 9.26 Å². The van der Waals surface area contributed by atoms with Crippen LogP contribution in [0.3, 0.4) is 0 Å². The molecular weight excluding hydrogens is 298 g/mol. The van der Waals surface area contributed by atoms with Crippen molar-refractivity contribution in [3.8, 4) is 0 Å². The van der Waals surface area contributed by atoms with Crippen molar-refractivity contribution in [3.05, 3.63) is 51.3 Å². The predicted molar refractivity (Wildman–Crippen MR) is 69.2 cm³/mol. The summed E-state index contributed by atoms with van der Waals surface area (Å²) >= 11 is 3.31. The summed E-state index contributed by atoms with van der Waals surface area (Å²) in [6, 6.07) is 7.01. The van der Waals surface area contributed by atoms with Crippen LogP contribution in [0.4, 0.5) is 0 Å². The number of benzene rings is 1. The molecule has 5 heteroatoms. The van der Waals surface area contributed by atoms with Gasteiger partial charge in [-0.15, -0.1) is 0 Å². The Hall–Kier alpha value is -1.62. The van der Waals surface area contributed by atoms with Gasteiger partial charge in [-0.05, 0) is 38.1 Å². The first kappa shape index (κ1) is 12.8. The molecule has 0 aliphatic heterocycles. The molecule has 2 aromatic rings. The highest BCUT2D eigenvalue weighted by Gasteiger charge is 2.12. The first-order valence-corrected chi connectivity index (χ1v) is 6.21. The van der Waals surface area contributed by atoms with Crippen molar-refractivity contribution in [1.29, 1.82) is 0 Å².